The van der Waals surface area contributed by atoms with Crippen LogP contribution in [0.5, 0.6) is 0 Å². The van der Waals surface area contributed by atoms with Crippen molar-refractivity contribution in [1.29, 1.82) is 0 Å². The Morgan fingerprint density at radius 2 is 1.90 bits per heavy atom. The highest BCUT2D eigenvalue weighted by atomic mass is 16.4. The monoisotopic (exact) mass is 277 g/mol. The summed E-state index contributed by atoms with van der Waals surface area (Å²) in [5.41, 5.74) is 1.18. The Balaban J connectivity index is 2.95. The van der Waals surface area contributed by atoms with E-state index in [0.29, 0.717) is 12.8 Å². The maximum atomic E-state index is 12.4. The molecule has 0 heterocycles. The van der Waals surface area contributed by atoms with Gasteiger partial charge in [0.1, 0.15) is 6.04 Å². The van der Waals surface area contributed by atoms with Crippen molar-refractivity contribution < 1.29 is 14.7 Å². The van der Waals surface area contributed by atoms with Crippen molar-refractivity contribution >= 4 is 11.9 Å². The van der Waals surface area contributed by atoms with Crippen molar-refractivity contribution in [3.05, 3.63) is 35.4 Å². The molecule has 0 spiro atoms. The molecule has 4 nitrogen and oxygen atoms in total. The van der Waals surface area contributed by atoms with Gasteiger partial charge in [-0.1, -0.05) is 37.6 Å². The molecule has 20 heavy (non-hydrogen) atoms. The summed E-state index contributed by atoms with van der Waals surface area (Å²) in [5, 5.41) is 11.8. The molecule has 1 unspecified atom stereocenters. The van der Waals surface area contributed by atoms with Crippen molar-refractivity contribution in [2.75, 3.05) is 0 Å². The summed E-state index contributed by atoms with van der Waals surface area (Å²) >= 11 is 0. The molecule has 0 aliphatic heterocycles. The largest absolute Gasteiger partial charge is 0.480 e. The van der Waals surface area contributed by atoms with E-state index >= 15 is 0 Å². The van der Waals surface area contributed by atoms with Gasteiger partial charge in [-0.05, 0) is 38.3 Å². The Kier molecular flexibility index (Phi) is 5.31. The van der Waals surface area contributed by atoms with E-state index in [-0.39, 0.29) is 5.91 Å². The van der Waals surface area contributed by atoms with Crippen LogP contribution >= 0.6 is 0 Å². The Labute approximate surface area is 120 Å². The second-order valence-corrected chi connectivity index (χ2v) is 5.59. The first-order chi connectivity index (χ1) is 9.30. The molecule has 0 aliphatic carbocycles. The fourth-order valence-corrected chi connectivity index (χ4v) is 2.28. The van der Waals surface area contributed by atoms with Gasteiger partial charge in [0.2, 0.25) is 5.91 Å². The van der Waals surface area contributed by atoms with Crippen LogP contribution in [-0.4, -0.2) is 23.0 Å². The average Bonchev–Trinajstić information content (AvgIpc) is 2.38. The van der Waals surface area contributed by atoms with Crippen LogP contribution in [0.15, 0.2) is 24.3 Å². The van der Waals surface area contributed by atoms with Crippen LogP contribution in [0.1, 0.15) is 44.7 Å². The first-order valence-corrected chi connectivity index (χ1v) is 6.90. The maximum Gasteiger partial charge on any atom is 0.326 e. The number of carboxylic acid groups (broad SMARTS) is 1. The number of aliphatic carboxylic acids is 1. The molecule has 0 aromatic heterocycles. The van der Waals surface area contributed by atoms with E-state index in [4.69, 9.17) is 5.11 Å². The molecule has 0 aliphatic rings. The van der Waals surface area contributed by atoms with E-state index in [1.807, 2.05) is 52.0 Å². The molecular weight excluding hydrogens is 254 g/mol. The summed E-state index contributed by atoms with van der Waals surface area (Å²) in [6.45, 7) is 7.48. The summed E-state index contributed by atoms with van der Waals surface area (Å²) < 4.78 is 0. The molecular formula is C16H23NO3. The average molecular weight is 277 g/mol. The SMILES string of the molecule is CCCC(NC(=O)C(C)(C)c1ccccc1C)C(=O)O. The zero-order valence-electron chi connectivity index (χ0n) is 12.6. The van der Waals surface area contributed by atoms with Gasteiger partial charge in [0.05, 0.1) is 5.41 Å². The van der Waals surface area contributed by atoms with Gasteiger partial charge in [-0.25, -0.2) is 4.79 Å². The van der Waals surface area contributed by atoms with E-state index in [1.165, 1.54) is 0 Å². The number of carbonyl (C=O) groups excluding carboxylic acids is 1. The predicted molar refractivity (Wildman–Crippen MR) is 78.7 cm³/mol. The lowest BCUT2D eigenvalue weighted by atomic mass is 9.81. The molecule has 1 atom stereocenters. The molecule has 4 heteroatoms. The van der Waals surface area contributed by atoms with Gasteiger partial charge in [-0.2, -0.15) is 0 Å². The fraction of sp³-hybridized carbons (Fsp3) is 0.500. The molecule has 0 fully saturated rings. The number of aryl methyl sites for hydroxylation is 1. The second-order valence-electron chi connectivity index (χ2n) is 5.59. The first-order valence-electron chi connectivity index (χ1n) is 6.90. The Morgan fingerprint density at radius 1 is 1.30 bits per heavy atom. The topological polar surface area (TPSA) is 66.4 Å². The third kappa shape index (κ3) is 3.59. The molecule has 0 saturated carbocycles. The normalized spacial score (nSPS) is 12.8. The van der Waals surface area contributed by atoms with Gasteiger partial charge in [0.25, 0.3) is 0 Å². The minimum absolute atomic E-state index is 0.257. The number of carboxylic acids is 1. The minimum Gasteiger partial charge on any atom is -0.480 e. The van der Waals surface area contributed by atoms with Gasteiger partial charge in [0, 0.05) is 0 Å². The van der Waals surface area contributed by atoms with Crippen LogP contribution in [0.3, 0.4) is 0 Å². The zero-order chi connectivity index (χ0) is 15.3. The van der Waals surface area contributed by atoms with Crippen molar-refractivity contribution in [3.8, 4) is 0 Å². The number of amides is 1. The minimum atomic E-state index is -0.985. The highest BCUT2D eigenvalue weighted by molar-refractivity contribution is 5.91. The van der Waals surface area contributed by atoms with Gasteiger partial charge in [-0.3, -0.25) is 4.79 Å². The molecule has 110 valence electrons. The third-order valence-electron chi connectivity index (χ3n) is 3.57. The quantitative estimate of drug-likeness (QED) is 0.840. The van der Waals surface area contributed by atoms with Crippen molar-refractivity contribution in [2.24, 2.45) is 0 Å². The number of nitrogens with one attached hydrogen (secondary N) is 1. The standard InChI is InChI=1S/C16H23NO3/c1-5-8-13(14(18)19)17-15(20)16(3,4)12-10-7-6-9-11(12)2/h6-7,9-10,13H,5,8H2,1-4H3,(H,17,20)(H,18,19). The Bertz CT molecular complexity index is 494. The number of hydrogen-bond acceptors (Lipinski definition) is 2. The highest BCUT2D eigenvalue weighted by Crippen LogP contribution is 2.26. The molecule has 0 radical (unpaired) electrons. The van der Waals surface area contributed by atoms with Crippen LogP contribution < -0.4 is 5.32 Å². The maximum absolute atomic E-state index is 12.4. The third-order valence-corrected chi connectivity index (χ3v) is 3.57. The van der Waals surface area contributed by atoms with E-state index in [1.54, 1.807) is 0 Å². The predicted octanol–water partition coefficient (Wildman–Crippen LogP) is 2.64. The summed E-state index contributed by atoms with van der Waals surface area (Å²) in [6.07, 6.45) is 1.15. The van der Waals surface area contributed by atoms with Gasteiger partial charge < -0.3 is 10.4 Å². The molecule has 2 N–H and O–H groups in total. The van der Waals surface area contributed by atoms with Crippen molar-refractivity contribution in [2.45, 2.75) is 52.0 Å². The molecule has 1 rings (SSSR count). The Morgan fingerprint density at radius 3 is 2.40 bits per heavy atom. The summed E-state index contributed by atoms with van der Waals surface area (Å²) in [5.74, 6) is -1.24. The van der Waals surface area contributed by atoms with Gasteiger partial charge >= 0.3 is 5.97 Å². The lowest BCUT2D eigenvalue weighted by Crippen LogP contribution is -2.48. The van der Waals surface area contributed by atoms with E-state index < -0.39 is 17.4 Å². The Hall–Kier alpha value is -1.84. The highest BCUT2D eigenvalue weighted by Gasteiger charge is 2.33. The van der Waals surface area contributed by atoms with Crippen LogP contribution in [0.25, 0.3) is 0 Å². The number of benzene rings is 1. The van der Waals surface area contributed by atoms with Gasteiger partial charge in [0.15, 0.2) is 0 Å². The van der Waals surface area contributed by atoms with E-state index in [0.717, 1.165) is 11.1 Å². The van der Waals surface area contributed by atoms with Gasteiger partial charge in [-0.15, -0.1) is 0 Å². The smallest absolute Gasteiger partial charge is 0.326 e. The van der Waals surface area contributed by atoms with Crippen molar-refractivity contribution in [1.82, 2.24) is 5.32 Å². The number of hydrogen-bond donors (Lipinski definition) is 2. The molecule has 1 aromatic carbocycles. The van der Waals surface area contributed by atoms with E-state index in [9.17, 15) is 9.59 Å². The van der Waals surface area contributed by atoms with Crippen LogP contribution in [0, 0.1) is 6.92 Å². The fourth-order valence-electron chi connectivity index (χ4n) is 2.28. The van der Waals surface area contributed by atoms with Crippen LogP contribution in [0.2, 0.25) is 0 Å². The number of rotatable bonds is 6. The summed E-state index contributed by atoms with van der Waals surface area (Å²) in [4.78, 5) is 23.6. The first kappa shape index (κ1) is 16.2. The van der Waals surface area contributed by atoms with Crippen LogP contribution in [-0.2, 0) is 15.0 Å². The second kappa shape index (κ2) is 6.55. The van der Waals surface area contributed by atoms with Crippen LogP contribution in [0.4, 0.5) is 0 Å². The summed E-state index contributed by atoms with van der Waals surface area (Å²) in [6, 6.07) is 6.84. The summed E-state index contributed by atoms with van der Waals surface area (Å²) in [7, 11) is 0. The molecule has 0 saturated heterocycles. The zero-order valence-corrected chi connectivity index (χ0v) is 12.6. The molecule has 0 bridgehead atoms. The number of carbonyl (C=O) groups is 2. The lowest BCUT2D eigenvalue weighted by molar-refractivity contribution is -0.142. The van der Waals surface area contributed by atoms with Crippen molar-refractivity contribution in [3.63, 3.8) is 0 Å². The molecule has 1 amide bonds. The lowest BCUT2D eigenvalue weighted by Gasteiger charge is -2.27. The van der Waals surface area contributed by atoms with E-state index in [2.05, 4.69) is 5.32 Å². The molecule has 1 aromatic rings.